The summed E-state index contributed by atoms with van der Waals surface area (Å²) in [5, 5.41) is 1.16. The molecule has 0 saturated carbocycles. The van der Waals surface area contributed by atoms with Gasteiger partial charge in [-0.1, -0.05) is 29.3 Å². The number of nitrogens with one attached hydrogen (secondary N) is 1. The summed E-state index contributed by atoms with van der Waals surface area (Å²) in [6.07, 6.45) is 2.91. The fraction of sp³-hybridized carbons (Fsp3) is 0.0714. The van der Waals surface area contributed by atoms with Crippen molar-refractivity contribution >= 4 is 40.0 Å². The minimum atomic E-state index is -0.210. The molecule has 0 bridgehead atoms. The van der Waals surface area contributed by atoms with Crippen molar-refractivity contribution < 1.29 is 4.79 Å². The van der Waals surface area contributed by atoms with Crippen LogP contribution in [0.4, 0.5) is 0 Å². The van der Waals surface area contributed by atoms with E-state index in [1.165, 1.54) is 6.33 Å². The van der Waals surface area contributed by atoms with E-state index in [1.54, 1.807) is 18.3 Å². The number of hydrogen-bond acceptors (Lipinski definition) is 3. The van der Waals surface area contributed by atoms with E-state index >= 15 is 0 Å². The van der Waals surface area contributed by atoms with Gasteiger partial charge in [0.05, 0.1) is 16.0 Å². The number of aromatic nitrogens is 3. The van der Waals surface area contributed by atoms with Crippen LogP contribution >= 0.6 is 23.2 Å². The monoisotopic (exact) mass is 305 g/mol. The zero-order valence-corrected chi connectivity index (χ0v) is 12.0. The zero-order valence-electron chi connectivity index (χ0n) is 10.4. The number of aromatic amines is 1. The van der Waals surface area contributed by atoms with E-state index in [0.29, 0.717) is 27.2 Å². The summed E-state index contributed by atoms with van der Waals surface area (Å²) in [4.78, 5) is 23.4. The average Bonchev–Trinajstić information content (AvgIpc) is 2.83. The molecule has 0 spiro atoms. The maximum absolute atomic E-state index is 12.6. The molecule has 0 amide bonds. The molecule has 0 saturated heterocycles. The minimum Gasteiger partial charge on any atom is -0.345 e. The highest BCUT2D eigenvalue weighted by atomic mass is 35.5. The summed E-state index contributed by atoms with van der Waals surface area (Å²) in [5.41, 5.74) is 2.36. The number of halogens is 2. The molecule has 4 nitrogen and oxygen atoms in total. The fourth-order valence-electron chi connectivity index (χ4n) is 2.05. The number of H-pyrrole nitrogens is 1. The quantitative estimate of drug-likeness (QED) is 0.578. The van der Waals surface area contributed by atoms with Crippen LogP contribution in [0.5, 0.6) is 0 Å². The molecule has 0 fully saturated rings. The lowest BCUT2D eigenvalue weighted by molar-refractivity contribution is 0.104. The van der Waals surface area contributed by atoms with Crippen molar-refractivity contribution in [3.8, 4) is 0 Å². The maximum atomic E-state index is 12.6. The topological polar surface area (TPSA) is 58.6 Å². The van der Waals surface area contributed by atoms with Gasteiger partial charge in [0.25, 0.3) is 0 Å². The first-order valence-electron chi connectivity index (χ1n) is 5.86. The van der Waals surface area contributed by atoms with E-state index in [-0.39, 0.29) is 10.9 Å². The average molecular weight is 306 g/mol. The molecule has 1 aromatic carbocycles. The zero-order chi connectivity index (χ0) is 14.3. The Bertz CT molecular complexity index is 826. The highest BCUT2D eigenvalue weighted by Crippen LogP contribution is 2.27. The van der Waals surface area contributed by atoms with E-state index in [0.717, 1.165) is 5.56 Å². The molecule has 2 heterocycles. The lowest BCUT2D eigenvalue weighted by atomic mass is 10.0. The molecular weight excluding hydrogens is 297 g/mol. The second kappa shape index (κ2) is 4.89. The minimum absolute atomic E-state index is 0.210. The van der Waals surface area contributed by atoms with Crippen LogP contribution in [0.25, 0.3) is 11.0 Å². The first-order valence-corrected chi connectivity index (χ1v) is 6.62. The molecule has 0 aliphatic carbocycles. The Morgan fingerprint density at radius 3 is 2.75 bits per heavy atom. The smallest absolute Gasteiger partial charge is 0.196 e. The van der Waals surface area contributed by atoms with Crippen molar-refractivity contribution in [3.05, 3.63) is 57.6 Å². The summed E-state index contributed by atoms with van der Waals surface area (Å²) in [6, 6.07) is 5.30. The van der Waals surface area contributed by atoms with Gasteiger partial charge in [-0.15, -0.1) is 0 Å². The normalized spacial score (nSPS) is 10.9. The lowest BCUT2D eigenvalue weighted by Gasteiger charge is -2.04. The number of benzene rings is 1. The van der Waals surface area contributed by atoms with Gasteiger partial charge < -0.3 is 4.98 Å². The van der Waals surface area contributed by atoms with Gasteiger partial charge in [0.2, 0.25) is 0 Å². The second-order valence-electron chi connectivity index (χ2n) is 4.40. The third-order valence-corrected chi connectivity index (χ3v) is 3.64. The molecule has 0 aliphatic heterocycles. The number of hydrogen-bond donors (Lipinski definition) is 1. The number of nitrogens with zero attached hydrogens (tertiary/aromatic N) is 2. The number of rotatable bonds is 2. The Balaban J connectivity index is 2.18. The van der Waals surface area contributed by atoms with Gasteiger partial charge in [0.15, 0.2) is 5.78 Å². The molecule has 2 aromatic heterocycles. The van der Waals surface area contributed by atoms with Gasteiger partial charge in [-0.05, 0) is 24.6 Å². The number of fused-ring (bicyclic) bond motifs is 1. The van der Waals surface area contributed by atoms with Crippen molar-refractivity contribution in [2.45, 2.75) is 6.92 Å². The summed E-state index contributed by atoms with van der Waals surface area (Å²) in [6.45, 7) is 1.91. The van der Waals surface area contributed by atoms with E-state index in [2.05, 4.69) is 15.0 Å². The number of carbonyl (C=O) groups excluding carboxylic acids is 1. The molecule has 3 aromatic rings. The van der Waals surface area contributed by atoms with E-state index in [1.807, 2.05) is 13.0 Å². The van der Waals surface area contributed by atoms with E-state index < -0.39 is 0 Å². The van der Waals surface area contributed by atoms with Gasteiger partial charge in [-0.2, -0.15) is 0 Å². The van der Waals surface area contributed by atoms with Crippen molar-refractivity contribution in [3.63, 3.8) is 0 Å². The lowest BCUT2D eigenvalue weighted by Crippen LogP contribution is -2.02. The van der Waals surface area contributed by atoms with Crippen LogP contribution in [0.2, 0.25) is 10.2 Å². The standard InChI is InChI=1S/C14H9Cl2N3O/c1-7-2-3-8(10(15)4-7)12(20)9-5-17-14-11(9)13(16)18-6-19-14/h2-6H,1H3,(H,17,18,19). The van der Waals surface area contributed by atoms with Crippen LogP contribution in [-0.4, -0.2) is 20.7 Å². The molecule has 0 atom stereocenters. The van der Waals surface area contributed by atoms with Gasteiger partial charge in [0, 0.05) is 11.8 Å². The van der Waals surface area contributed by atoms with Crippen LogP contribution in [-0.2, 0) is 0 Å². The molecule has 100 valence electrons. The van der Waals surface area contributed by atoms with Crippen LogP contribution in [0.3, 0.4) is 0 Å². The van der Waals surface area contributed by atoms with Crippen LogP contribution in [0.15, 0.2) is 30.7 Å². The second-order valence-corrected chi connectivity index (χ2v) is 5.17. The first kappa shape index (κ1) is 13.1. The van der Waals surface area contributed by atoms with Crippen molar-refractivity contribution in [1.82, 2.24) is 15.0 Å². The van der Waals surface area contributed by atoms with Crippen LogP contribution in [0.1, 0.15) is 21.5 Å². The molecule has 6 heteroatoms. The SMILES string of the molecule is Cc1ccc(C(=O)c2c[nH]c3ncnc(Cl)c23)c(Cl)c1. The van der Waals surface area contributed by atoms with Gasteiger partial charge in [-0.3, -0.25) is 4.79 Å². The van der Waals surface area contributed by atoms with Crippen LogP contribution < -0.4 is 0 Å². The molecule has 20 heavy (non-hydrogen) atoms. The third kappa shape index (κ3) is 2.07. The fourth-order valence-corrected chi connectivity index (χ4v) is 2.61. The predicted molar refractivity (Wildman–Crippen MR) is 78.5 cm³/mol. The number of aryl methyl sites for hydroxylation is 1. The van der Waals surface area contributed by atoms with E-state index in [4.69, 9.17) is 23.2 Å². The molecule has 0 aliphatic rings. The summed E-state index contributed by atoms with van der Waals surface area (Å²) < 4.78 is 0. The van der Waals surface area contributed by atoms with Gasteiger partial charge in [0.1, 0.15) is 17.1 Å². The Morgan fingerprint density at radius 1 is 1.20 bits per heavy atom. The Hall–Kier alpha value is -1.91. The summed E-state index contributed by atoms with van der Waals surface area (Å²) in [5.74, 6) is -0.210. The summed E-state index contributed by atoms with van der Waals surface area (Å²) in [7, 11) is 0. The molecule has 3 rings (SSSR count). The molecule has 0 radical (unpaired) electrons. The first-order chi connectivity index (χ1) is 9.58. The largest absolute Gasteiger partial charge is 0.345 e. The number of carbonyl (C=O) groups is 1. The maximum Gasteiger partial charge on any atom is 0.196 e. The Labute approximate surface area is 124 Å². The van der Waals surface area contributed by atoms with Crippen LogP contribution in [0, 0.1) is 6.92 Å². The molecule has 0 unspecified atom stereocenters. The van der Waals surface area contributed by atoms with E-state index in [9.17, 15) is 4.79 Å². The van der Waals surface area contributed by atoms with Gasteiger partial charge >= 0.3 is 0 Å². The molecule has 1 N–H and O–H groups in total. The van der Waals surface area contributed by atoms with Crippen molar-refractivity contribution in [2.24, 2.45) is 0 Å². The Kier molecular flexibility index (Phi) is 3.20. The third-order valence-electron chi connectivity index (χ3n) is 3.04. The number of ketones is 1. The van der Waals surface area contributed by atoms with Crippen molar-refractivity contribution in [2.75, 3.05) is 0 Å². The van der Waals surface area contributed by atoms with Gasteiger partial charge in [-0.25, -0.2) is 9.97 Å². The highest BCUT2D eigenvalue weighted by molar-refractivity contribution is 6.38. The predicted octanol–water partition coefficient (Wildman–Crippen LogP) is 3.80. The van der Waals surface area contributed by atoms with Crippen molar-refractivity contribution in [1.29, 1.82) is 0 Å². The summed E-state index contributed by atoms with van der Waals surface area (Å²) >= 11 is 12.2. The highest BCUT2D eigenvalue weighted by Gasteiger charge is 2.19. The molecular formula is C14H9Cl2N3O. The Morgan fingerprint density at radius 2 is 2.00 bits per heavy atom.